The molecule has 3 aromatic rings. The van der Waals surface area contributed by atoms with E-state index in [2.05, 4.69) is 0 Å². The second-order valence-corrected chi connectivity index (χ2v) is 12.3. The standard InChI is InChI=1S/C29H25N3O6S/c1-30-24(33)25(34)31-26-28(17-29(31,36)27(30)35,21-16-15-18-9-5-6-12-20(18)21)22-13-7-8-14-23(22)32(26)39(37,38)19-10-3-2-4-11-19/h2-14,16,24,26,33,36H,15,17H2,1H3/t24-,26+,28+,29-/m1/s1. The Balaban J connectivity index is 1.57. The van der Waals surface area contributed by atoms with E-state index in [1.54, 1.807) is 42.5 Å². The maximum absolute atomic E-state index is 14.4. The number of nitrogens with zero attached hydrogens (tertiary/aromatic N) is 3. The Hall–Kier alpha value is -3.99. The van der Waals surface area contributed by atoms with Crippen molar-refractivity contribution in [3.05, 3.63) is 102 Å². The second kappa shape index (κ2) is 7.78. The Bertz CT molecular complexity index is 1710. The van der Waals surface area contributed by atoms with E-state index in [0.717, 1.165) is 30.8 Å². The molecule has 2 amide bonds. The van der Waals surface area contributed by atoms with E-state index in [1.807, 2.05) is 30.3 Å². The van der Waals surface area contributed by atoms with Gasteiger partial charge in [0.2, 0.25) is 12.0 Å². The van der Waals surface area contributed by atoms with Crippen LogP contribution in [0.5, 0.6) is 0 Å². The van der Waals surface area contributed by atoms with Crippen LogP contribution in [0.25, 0.3) is 5.57 Å². The first kappa shape index (κ1) is 24.1. The highest BCUT2D eigenvalue weighted by Crippen LogP contribution is 2.64. The van der Waals surface area contributed by atoms with Gasteiger partial charge in [-0.1, -0.05) is 66.7 Å². The molecule has 198 valence electrons. The zero-order chi connectivity index (χ0) is 27.3. The van der Waals surface area contributed by atoms with E-state index in [-0.39, 0.29) is 11.3 Å². The largest absolute Gasteiger partial charge is 0.365 e. The number of aliphatic hydroxyl groups is 2. The lowest BCUT2D eigenvalue weighted by atomic mass is 9.70. The van der Waals surface area contributed by atoms with Crippen LogP contribution in [0.15, 0.2) is 89.8 Å². The predicted octanol–water partition coefficient (Wildman–Crippen LogP) is 1.81. The zero-order valence-corrected chi connectivity index (χ0v) is 21.7. The number of amides is 2. The fourth-order valence-corrected chi connectivity index (χ4v) is 8.60. The fourth-order valence-electron chi connectivity index (χ4n) is 6.92. The minimum absolute atomic E-state index is 0.000274. The van der Waals surface area contributed by atoms with E-state index in [1.165, 1.54) is 19.2 Å². The van der Waals surface area contributed by atoms with Crippen molar-refractivity contribution in [2.75, 3.05) is 11.4 Å². The molecule has 0 saturated carbocycles. The summed E-state index contributed by atoms with van der Waals surface area (Å²) < 4.78 is 29.9. The van der Waals surface area contributed by atoms with Crippen LogP contribution < -0.4 is 4.31 Å². The van der Waals surface area contributed by atoms with Gasteiger partial charge >= 0.3 is 0 Å². The minimum atomic E-state index is -4.31. The molecule has 0 spiro atoms. The number of carbonyl (C=O) groups is 2. The molecule has 0 radical (unpaired) electrons. The zero-order valence-electron chi connectivity index (χ0n) is 20.9. The monoisotopic (exact) mass is 543 g/mol. The number of fused-ring (bicyclic) bond motifs is 6. The predicted molar refractivity (Wildman–Crippen MR) is 141 cm³/mol. The maximum atomic E-state index is 14.4. The normalized spacial score (nSPS) is 29.2. The van der Waals surface area contributed by atoms with Crippen molar-refractivity contribution < 1.29 is 28.2 Å². The van der Waals surface area contributed by atoms with Gasteiger partial charge in [-0.25, -0.2) is 12.7 Å². The number of likely N-dealkylation sites (N-methyl/N-ethyl adjacent to an activating group) is 1. The van der Waals surface area contributed by atoms with Gasteiger partial charge in [0, 0.05) is 13.5 Å². The molecule has 7 rings (SSSR count). The van der Waals surface area contributed by atoms with Crippen LogP contribution in [-0.2, 0) is 31.4 Å². The minimum Gasteiger partial charge on any atom is -0.365 e. The molecule has 2 saturated heterocycles. The SMILES string of the molecule is CN1C(=O)[C@]2(O)C[C@]3(C4=CCc5ccccc54)c4ccccc4N(S(=O)(=O)c4ccccc4)[C@@H]3N2C(=O)[C@H]1O. The molecule has 0 aromatic heterocycles. The highest BCUT2D eigenvalue weighted by atomic mass is 32.2. The van der Waals surface area contributed by atoms with Crippen molar-refractivity contribution in [2.24, 2.45) is 0 Å². The summed E-state index contributed by atoms with van der Waals surface area (Å²) in [5.74, 6) is -1.82. The first-order valence-corrected chi connectivity index (χ1v) is 14.1. The summed E-state index contributed by atoms with van der Waals surface area (Å²) in [5, 5.41) is 22.8. The molecule has 2 N–H and O–H groups in total. The maximum Gasteiger partial charge on any atom is 0.278 e. The number of sulfonamides is 1. The van der Waals surface area contributed by atoms with Gasteiger partial charge < -0.3 is 15.1 Å². The van der Waals surface area contributed by atoms with E-state index >= 15 is 0 Å². The van der Waals surface area contributed by atoms with Crippen molar-refractivity contribution in [1.82, 2.24) is 9.80 Å². The van der Waals surface area contributed by atoms with Gasteiger partial charge in [-0.3, -0.25) is 14.5 Å². The lowest BCUT2D eigenvalue weighted by molar-refractivity contribution is -0.207. The molecular weight excluding hydrogens is 518 g/mol. The molecule has 3 aliphatic heterocycles. The lowest BCUT2D eigenvalue weighted by Gasteiger charge is -2.46. The number of rotatable bonds is 3. The number of para-hydroxylation sites is 1. The Morgan fingerprint density at radius 3 is 2.36 bits per heavy atom. The van der Waals surface area contributed by atoms with Gasteiger partial charge in [-0.15, -0.1) is 0 Å². The third-order valence-electron chi connectivity index (χ3n) is 8.56. The van der Waals surface area contributed by atoms with E-state index in [9.17, 15) is 28.2 Å². The van der Waals surface area contributed by atoms with E-state index in [0.29, 0.717) is 17.7 Å². The van der Waals surface area contributed by atoms with Gasteiger partial charge in [0.15, 0.2) is 0 Å². The van der Waals surface area contributed by atoms with Gasteiger partial charge in [0.25, 0.3) is 21.8 Å². The number of hydrogen-bond acceptors (Lipinski definition) is 6. The molecule has 3 aromatic carbocycles. The Morgan fingerprint density at radius 1 is 0.923 bits per heavy atom. The van der Waals surface area contributed by atoms with Crippen molar-refractivity contribution in [2.45, 2.75) is 41.3 Å². The molecule has 39 heavy (non-hydrogen) atoms. The number of carbonyl (C=O) groups excluding carboxylic acids is 2. The molecule has 9 nitrogen and oxygen atoms in total. The van der Waals surface area contributed by atoms with Crippen LogP contribution in [-0.4, -0.2) is 65.4 Å². The van der Waals surface area contributed by atoms with Crippen molar-refractivity contribution >= 4 is 33.1 Å². The fraction of sp³-hybridized carbons (Fsp3) is 0.241. The van der Waals surface area contributed by atoms with Crippen molar-refractivity contribution in [3.8, 4) is 0 Å². The Morgan fingerprint density at radius 2 is 1.59 bits per heavy atom. The molecule has 0 unspecified atom stereocenters. The highest BCUT2D eigenvalue weighted by molar-refractivity contribution is 7.93. The number of hydrogen-bond donors (Lipinski definition) is 2. The van der Waals surface area contributed by atoms with Crippen LogP contribution in [0.1, 0.15) is 23.1 Å². The number of anilines is 1. The number of piperazine rings is 1. The summed E-state index contributed by atoms with van der Waals surface area (Å²) in [6.07, 6.45) is -0.921. The summed E-state index contributed by atoms with van der Waals surface area (Å²) >= 11 is 0. The Labute approximate surface area is 225 Å². The average molecular weight is 544 g/mol. The summed E-state index contributed by atoms with van der Waals surface area (Å²) in [6, 6.07) is 22.5. The average Bonchev–Trinajstić information content (AvgIpc) is 3.58. The van der Waals surface area contributed by atoms with Crippen LogP contribution >= 0.6 is 0 Å². The summed E-state index contributed by atoms with van der Waals surface area (Å²) in [6.45, 7) is 0. The molecule has 3 heterocycles. The first-order chi connectivity index (χ1) is 18.6. The quantitative estimate of drug-likeness (QED) is 0.520. The number of aliphatic hydroxyl groups excluding tert-OH is 1. The van der Waals surface area contributed by atoms with Crippen molar-refractivity contribution in [3.63, 3.8) is 0 Å². The molecule has 1 aliphatic carbocycles. The molecule has 2 fully saturated rings. The number of benzene rings is 3. The second-order valence-electron chi connectivity index (χ2n) is 10.4. The van der Waals surface area contributed by atoms with Gasteiger partial charge in [0.1, 0.15) is 6.17 Å². The van der Waals surface area contributed by atoms with Crippen LogP contribution in [0.2, 0.25) is 0 Å². The smallest absolute Gasteiger partial charge is 0.278 e. The molecule has 10 heteroatoms. The molecular formula is C29H25N3O6S. The summed E-state index contributed by atoms with van der Waals surface area (Å²) in [7, 11) is -3.06. The van der Waals surface area contributed by atoms with E-state index in [4.69, 9.17) is 0 Å². The molecule has 0 bridgehead atoms. The Kier molecular flexibility index (Phi) is 4.80. The van der Waals surface area contributed by atoms with Crippen LogP contribution in [0.3, 0.4) is 0 Å². The van der Waals surface area contributed by atoms with Crippen LogP contribution in [0, 0.1) is 0 Å². The molecule has 4 aliphatic rings. The third-order valence-corrected chi connectivity index (χ3v) is 10.3. The van der Waals surface area contributed by atoms with E-state index < -0.39 is 45.4 Å². The summed E-state index contributed by atoms with van der Waals surface area (Å²) in [5.41, 5.74) is -0.114. The number of allylic oxidation sites excluding steroid dienone is 1. The van der Waals surface area contributed by atoms with Gasteiger partial charge in [-0.2, -0.15) is 0 Å². The topological polar surface area (TPSA) is 118 Å². The summed E-state index contributed by atoms with van der Waals surface area (Å²) in [4.78, 5) is 29.1. The van der Waals surface area contributed by atoms with Gasteiger partial charge in [-0.05, 0) is 46.9 Å². The first-order valence-electron chi connectivity index (χ1n) is 12.6. The molecule has 4 atom stereocenters. The highest BCUT2D eigenvalue weighted by Gasteiger charge is 2.75. The van der Waals surface area contributed by atoms with Gasteiger partial charge in [0.05, 0.1) is 16.0 Å². The third kappa shape index (κ3) is 2.83. The van der Waals surface area contributed by atoms with Crippen molar-refractivity contribution in [1.29, 1.82) is 0 Å². The van der Waals surface area contributed by atoms with Crippen LogP contribution in [0.4, 0.5) is 5.69 Å². The lowest BCUT2D eigenvalue weighted by Crippen LogP contribution is -2.71.